The molecule has 0 unspecified atom stereocenters. The molecule has 22 heavy (non-hydrogen) atoms. The van der Waals surface area contributed by atoms with Crippen LogP contribution in [0.5, 0.6) is 0 Å². The van der Waals surface area contributed by atoms with E-state index in [1.807, 2.05) is 0 Å². The Bertz CT molecular complexity index is 562. The van der Waals surface area contributed by atoms with Crippen molar-refractivity contribution in [1.29, 1.82) is 0 Å². The lowest BCUT2D eigenvalue weighted by molar-refractivity contribution is -0.137. The molecule has 2 rings (SSSR count). The Morgan fingerprint density at radius 2 is 2.09 bits per heavy atom. The van der Waals surface area contributed by atoms with Gasteiger partial charge in [-0.25, -0.2) is 4.39 Å². The highest BCUT2D eigenvalue weighted by Gasteiger charge is 2.34. The van der Waals surface area contributed by atoms with Crippen LogP contribution in [-0.2, 0) is 10.9 Å². The quantitative estimate of drug-likeness (QED) is 0.849. The van der Waals surface area contributed by atoms with Crippen LogP contribution in [0.2, 0.25) is 0 Å². The van der Waals surface area contributed by atoms with Crippen LogP contribution >= 0.6 is 0 Å². The topological polar surface area (TPSA) is 49.8 Å². The smallest absolute Gasteiger partial charge is 0.394 e. The van der Waals surface area contributed by atoms with Crippen LogP contribution < -0.4 is 0 Å². The van der Waals surface area contributed by atoms with Crippen molar-refractivity contribution in [2.45, 2.75) is 25.2 Å². The highest BCUT2D eigenvalue weighted by atomic mass is 19.4. The lowest BCUT2D eigenvalue weighted by Crippen LogP contribution is -2.52. The van der Waals surface area contributed by atoms with Gasteiger partial charge >= 0.3 is 6.18 Å². The van der Waals surface area contributed by atoms with E-state index in [9.17, 15) is 22.4 Å². The number of aliphatic hydroxyl groups is 1. The van der Waals surface area contributed by atoms with Crippen LogP contribution in [0.4, 0.5) is 17.6 Å². The highest BCUT2D eigenvalue weighted by molar-refractivity contribution is 5.94. The number of hydrogen-bond acceptors (Lipinski definition) is 3. The Kier molecular flexibility index (Phi) is 4.72. The number of ether oxygens (including phenoxy) is 1. The minimum atomic E-state index is -4.73. The van der Waals surface area contributed by atoms with Gasteiger partial charge in [-0.2, -0.15) is 13.2 Å². The molecule has 1 saturated heterocycles. The van der Waals surface area contributed by atoms with Crippen molar-refractivity contribution in [1.82, 2.24) is 4.90 Å². The molecule has 1 amide bonds. The summed E-state index contributed by atoms with van der Waals surface area (Å²) >= 11 is 0. The van der Waals surface area contributed by atoms with Crippen LogP contribution in [0.25, 0.3) is 0 Å². The van der Waals surface area contributed by atoms with Gasteiger partial charge in [0.1, 0.15) is 5.82 Å². The summed E-state index contributed by atoms with van der Waals surface area (Å²) in [5.74, 6) is -1.85. The number of benzene rings is 1. The minimum Gasteiger partial charge on any atom is -0.394 e. The molecule has 1 heterocycles. The number of morpholine rings is 1. The summed E-state index contributed by atoms with van der Waals surface area (Å²) in [7, 11) is 0. The van der Waals surface area contributed by atoms with E-state index in [0.29, 0.717) is 12.1 Å². The number of aliphatic hydroxyl groups excluding tert-OH is 1. The third kappa shape index (κ3) is 3.56. The van der Waals surface area contributed by atoms with Crippen molar-refractivity contribution in [2.75, 3.05) is 19.8 Å². The molecule has 122 valence electrons. The summed E-state index contributed by atoms with van der Waals surface area (Å²) in [5.41, 5.74) is -1.59. The van der Waals surface area contributed by atoms with Gasteiger partial charge in [-0.05, 0) is 25.1 Å². The molecular formula is C14H15F4NO3. The molecular weight excluding hydrogens is 306 g/mol. The largest absolute Gasteiger partial charge is 0.416 e. The molecule has 8 heteroatoms. The highest BCUT2D eigenvalue weighted by Crippen LogP contribution is 2.31. The van der Waals surface area contributed by atoms with Gasteiger partial charge in [0, 0.05) is 12.1 Å². The third-order valence-electron chi connectivity index (χ3n) is 3.44. The average molecular weight is 321 g/mol. The second-order valence-corrected chi connectivity index (χ2v) is 5.17. The maximum atomic E-state index is 13.4. The van der Waals surface area contributed by atoms with Crippen LogP contribution in [0.15, 0.2) is 18.2 Å². The number of halogens is 4. The molecule has 1 aliphatic rings. The lowest BCUT2D eigenvalue weighted by atomic mass is 10.1. The van der Waals surface area contributed by atoms with Crippen molar-refractivity contribution in [2.24, 2.45) is 0 Å². The van der Waals surface area contributed by atoms with Gasteiger partial charge in [-0.15, -0.1) is 0 Å². The Morgan fingerprint density at radius 1 is 1.41 bits per heavy atom. The SMILES string of the molecule is C[C@@H]1CO[C@H](CO)CN1C(=O)c1cc(F)cc(C(F)(F)F)c1. The number of rotatable bonds is 2. The van der Waals surface area contributed by atoms with Crippen LogP contribution in [0.1, 0.15) is 22.8 Å². The molecule has 1 aromatic carbocycles. The Labute approximate surface area is 124 Å². The van der Waals surface area contributed by atoms with Crippen molar-refractivity contribution < 1.29 is 32.2 Å². The third-order valence-corrected chi connectivity index (χ3v) is 3.44. The van der Waals surface area contributed by atoms with E-state index in [2.05, 4.69) is 0 Å². The molecule has 1 N–H and O–H groups in total. The maximum Gasteiger partial charge on any atom is 0.416 e. The van der Waals surface area contributed by atoms with Crippen LogP contribution in [0.3, 0.4) is 0 Å². The molecule has 2 atom stereocenters. The molecule has 1 aliphatic heterocycles. The Balaban J connectivity index is 2.30. The van der Waals surface area contributed by atoms with Crippen molar-refractivity contribution in [3.8, 4) is 0 Å². The normalized spacial score (nSPS) is 22.7. The summed E-state index contributed by atoms with van der Waals surface area (Å²) in [4.78, 5) is 13.6. The first kappa shape index (κ1) is 16.7. The predicted molar refractivity (Wildman–Crippen MR) is 68.7 cm³/mol. The van der Waals surface area contributed by atoms with Gasteiger partial charge in [0.2, 0.25) is 0 Å². The van der Waals surface area contributed by atoms with Gasteiger partial charge in [-0.1, -0.05) is 0 Å². The number of nitrogens with zero attached hydrogens (tertiary/aromatic N) is 1. The summed E-state index contributed by atoms with van der Waals surface area (Å²) < 4.78 is 56.8. The summed E-state index contributed by atoms with van der Waals surface area (Å²) in [6.07, 6.45) is -5.34. The van der Waals surface area contributed by atoms with E-state index in [4.69, 9.17) is 9.84 Å². The van der Waals surface area contributed by atoms with Crippen molar-refractivity contribution >= 4 is 5.91 Å². The summed E-state index contributed by atoms with van der Waals surface area (Å²) in [6.45, 7) is 1.54. The molecule has 1 fully saturated rings. The standard InChI is InChI=1S/C14H15F4NO3/c1-8-7-22-12(6-20)5-19(8)13(21)9-2-10(14(16,17)18)4-11(15)3-9/h2-4,8,12,20H,5-7H2,1H3/t8-,12+/m1/s1. The molecule has 4 nitrogen and oxygen atoms in total. The van der Waals surface area contributed by atoms with Gasteiger partial charge < -0.3 is 14.7 Å². The van der Waals surface area contributed by atoms with Crippen molar-refractivity contribution in [3.05, 3.63) is 35.1 Å². The van der Waals surface area contributed by atoms with Crippen LogP contribution in [-0.4, -0.2) is 47.8 Å². The monoisotopic (exact) mass is 321 g/mol. The number of alkyl halides is 3. The fourth-order valence-corrected chi connectivity index (χ4v) is 2.25. The molecule has 0 aliphatic carbocycles. The second kappa shape index (κ2) is 6.21. The predicted octanol–water partition coefficient (Wildman–Crippen LogP) is 2.07. The molecule has 1 aromatic rings. The fourth-order valence-electron chi connectivity index (χ4n) is 2.25. The molecule has 0 radical (unpaired) electrons. The summed E-state index contributed by atoms with van der Waals surface area (Å²) in [5, 5.41) is 9.07. The van der Waals surface area contributed by atoms with E-state index in [1.165, 1.54) is 4.90 Å². The van der Waals surface area contributed by atoms with E-state index in [1.54, 1.807) is 6.92 Å². The molecule has 0 saturated carbocycles. The van der Waals surface area contributed by atoms with Gasteiger partial charge in [0.15, 0.2) is 0 Å². The number of amides is 1. The lowest BCUT2D eigenvalue weighted by Gasteiger charge is -2.37. The Morgan fingerprint density at radius 3 is 2.68 bits per heavy atom. The number of carbonyl (C=O) groups excluding carboxylic acids is 1. The molecule has 0 aromatic heterocycles. The van der Waals surface area contributed by atoms with Gasteiger partial charge in [-0.3, -0.25) is 4.79 Å². The summed E-state index contributed by atoms with van der Waals surface area (Å²) in [6, 6.07) is 1.36. The Hall–Kier alpha value is -1.67. The number of hydrogen-bond donors (Lipinski definition) is 1. The van der Waals surface area contributed by atoms with Gasteiger partial charge in [0.05, 0.1) is 30.9 Å². The zero-order valence-electron chi connectivity index (χ0n) is 11.7. The van der Waals surface area contributed by atoms with E-state index in [0.717, 1.165) is 6.07 Å². The first-order chi connectivity index (χ1) is 10.2. The first-order valence-electron chi connectivity index (χ1n) is 6.63. The van der Waals surface area contributed by atoms with E-state index >= 15 is 0 Å². The fraction of sp³-hybridized carbons (Fsp3) is 0.500. The minimum absolute atomic E-state index is 0.0361. The maximum absolute atomic E-state index is 13.4. The first-order valence-corrected chi connectivity index (χ1v) is 6.63. The van der Waals surface area contributed by atoms with Crippen molar-refractivity contribution in [3.63, 3.8) is 0 Å². The number of carbonyl (C=O) groups is 1. The van der Waals surface area contributed by atoms with Gasteiger partial charge in [0.25, 0.3) is 5.91 Å². The van der Waals surface area contributed by atoms with E-state index < -0.39 is 29.6 Å². The second-order valence-electron chi connectivity index (χ2n) is 5.17. The average Bonchev–Trinajstić information content (AvgIpc) is 2.45. The molecule has 0 spiro atoms. The zero-order chi connectivity index (χ0) is 16.5. The molecule has 0 bridgehead atoms. The van der Waals surface area contributed by atoms with E-state index in [-0.39, 0.29) is 31.4 Å². The van der Waals surface area contributed by atoms with Crippen LogP contribution in [0, 0.1) is 5.82 Å². The zero-order valence-corrected chi connectivity index (χ0v) is 11.7.